The average Bonchev–Trinajstić information content (AvgIpc) is 2.38. The highest BCUT2D eigenvalue weighted by atomic mass is 35.5. The van der Waals surface area contributed by atoms with Gasteiger partial charge in [-0.05, 0) is 50.6 Å². The Balaban J connectivity index is 0.00000220. The van der Waals surface area contributed by atoms with Gasteiger partial charge in [-0.1, -0.05) is 6.92 Å². The highest BCUT2D eigenvalue weighted by molar-refractivity contribution is 7.91. The third-order valence-electron chi connectivity index (χ3n) is 4.48. The highest BCUT2D eigenvalue weighted by Gasteiger charge is 2.27. The quantitative estimate of drug-likeness (QED) is 0.805. The first-order chi connectivity index (χ1) is 9.46. The molecule has 0 aromatic heterocycles. The SMILES string of the molecule is CC(CC(=O)NC1CCCS(=O)(=O)C1)C1CCCNC1.Cl. The van der Waals surface area contributed by atoms with Crippen LogP contribution in [0.25, 0.3) is 0 Å². The molecule has 3 atom stereocenters. The van der Waals surface area contributed by atoms with Gasteiger partial charge < -0.3 is 10.6 Å². The molecule has 0 bridgehead atoms. The van der Waals surface area contributed by atoms with Gasteiger partial charge >= 0.3 is 0 Å². The van der Waals surface area contributed by atoms with Crippen LogP contribution in [0.5, 0.6) is 0 Å². The molecule has 2 saturated heterocycles. The van der Waals surface area contributed by atoms with Gasteiger partial charge in [0, 0.05) is 12.5 Å². The molecule has 2 aliphatic heterocycles. The van der Waals surface area contributed by atoms with Gasteiger partial charge in [-0.2, -0.15) is 0 Å². The Morgan fingerprint density at radius 1 is 1.33 bits per heavy atom. The fourth-order valence-electron chi connectivity index (χ4n) is 3.25. The first-order valence-electron chi connectivity index (χ1n) is 7.67. The van der Waals surface area contributed by atoms with Crippen molar-refractivity contribution in [3.05, 3.63) is 0 Å². The number of hydrogen-bond acceptors (Lipinski definition) is 4. The van der Waals surface area contributed by atoms with E-state index in [1.165, 1.54) is 12.8 Å². The van der Waals surface area contributed by atoms with Crippen LogP contribution in [0.3, 0.4) is 0 Å². The van der Waals surface area contributed by atoms with E-state index in [9.17, 15) is 13.2 Å². The molecule has 2 heterocycles. The van der Waals surface area contributed by atoms with Crippen LogP contribution in [0.4, 0.5) is 0 Å². The van der Waals surface area contributed by atoms with Crippen molar-refractivity contribution in [3.8, 4) is 0 Å². The van der Waals surface area contributed by atoms with E-state index in [-0.39, 0.29) is 35.9 Å². The number of halogens is 1. The first kappa shape index (κ1) is 18.7. The Morgan fingerprint density at radius 2 is 2.10 bits per heavy atom. The van der Waals surface area contributed by atoms with Crippen molar-refractivity contribution in [2.24, 2.45) is 11.8 Å². The number of piperidine rings is 1. The minimum atomic E-state index is -2.95. The molecule has 0 radical (unpaired) electrons. The van der Waals surface area contributed by atoms with Gasteiger partial charge in [0.2, 0.25) is 5.91 Å². The summed E-state index contributed by atoms with van der Waals surface area (Å²) in [7, 11) is -2.95. The van der Waals surface area contributed by atoms with E-state index in [1.54, 1.807) is 0 Å². The van der Waals surface area contributed by atoms with Gasteiger partial charge in [0.15, 0.2) is 9.84 Å². The van der Waals surface area contributed by atoms with Crippen LogP contribution in [0.15, 0.2) is 0 Å². The lowest BCUT2D eigenvalue weighted by molar-refractivity contribution is -0.122. The van der Waals surface area contributed by atoms with Crippen LogP contribution in [-0.2, 0) is 14.6 Å². The smallest absolute Gasteiger partial charge is 0.220 e. The Bertz CT molecular complexity index is 436. The Hall–Kier alpha value is -0.330. The zero-order chi connectivity index (χ0) is 14.6. The fraction of sp³-hybridized carbons (Fsp3) is 0.929. The number of sulfone groups is 1. The van der Waals surface area contributed by atoms with Crippen molar-refractivity contribution < 1.29 is 13.2 Å². The lowest BCUT2D eigenvalue weighted by atomic mass is 9.85. The van der Waals surface area contributed by atoms with Gasteiger partial charge in [-0.3, -0.25) is 4.79 Å². The minimum absolute atomic E-state index is 0. The minimum Gasteiger partial charge on any atom is -0.352 e. The molecule has 124 valence electrons. The summed E-state index contributed by atoms with van der Waals surface area (Å²) in [6.45, 7) is 4.19. The molecule has 7 heteroatoms. The van der Waals surface area contributed by atoms with Crippen molar-refractivity contribution >= 4 is 28.2 Å². The monoisotopic (exact) mass is 338 g/mol. The van der Waals surface area contributed by atoms with Gasteiger partial charge in [-0.15, -0.1) is 12.4 Å². The molecule has 0 aromatic rings. The molecule has 0 spiro atoms. The average molecular weight is 339 g/mol. The maximum atomic E-state index is 12.0. The Labute approximate surface area is 134 Å². The van der Waals surface area contributed by atoms with Crippen molar-refractivity contribution in [1.29, 1.82) is 0 Å². The molecule has 5 nitrogen and oxygen atoms in total. The second-order valence-electron chi connectivity index (χ2n) is 6.31. The van der Waals surface area contributed by atoms with Crippen LogP contribution in [0.2, 0.25) is 0 Å². The van der Waals surface area contributed by atoms with E-state index in [2.05, 4.69) is 17.6 Å². The maximum Gasteiger partial charge on any atom is 0.220 e. The van der Waals surface area contributed by atoms with Crippen molar-refractivity contribution in [2.45, 2.75) is 45.1 Å². The molecule has 3 unspecified atom stereocenters. The van der Waals surface area contributed by atoms with Crippen LogP contribution in [0, 0.1) is 11.8 Å². The summed E-state index contributed by atoms with van der Waals surface area (Å²) in [4.78, 5) is 12.0. The van der Waals surface area contributed by atoms with E-state index >= 15 is 0 Å². The Kier molecular flexibility index (Phi) is 7.44. The molecule has 2 rings (SSSR count). The van der Waals surface area contributed by atoms with E-state index in [0.717, 1.165) is 19.5 Å². The number of carbonyl (C=O) groups is 1. The number of hydrogen-bond donors (Lipinski definition) is 2. The summed E-state index contributed by atoms with van der Waals surface area (Å²) in [5.41, 5.74) is 0. The summed E-state index contributed by atoms with van der Waals surface area (Å²) in [6, 6.07) is -0.182. The fourth-order valence-corrected chi connectivity index (χ4v) is 4.88. The number of nitrogens with one attached hydrogen (secondary N) is 2. The zero-order valence-electron chi connectivity index (χ0n) is 12.6. The molecule has 2 aliphatic rings. The Morgan fingerprint density at radius 3 is 2.71 bits per heavy atom. The van der Waals surface area contributed by atoms with Crippen molar-refractivity contribution in [2.75, 3.05) is 24.6 Å². The molecule has 0 saturated carbocycles. The van der Waals surface area contributed by atoms with Crippen molar-refractivity contribution in [1.82, 2.24) is 10.6 Å². The molecule has 0 aromatic carbocycles. The van der Waals surface area contributed by atoms with E-state index in [1.807, 2.05) is 0 Å². The van der Waals surface area contributed by atoms with E-state index < -0.39 is 9.84 Å². The summed E-state index contributed by atoms with van der Waals surface area (Å²) in [6.07, 6.45) is 4.30. The highest BCUT2D eigenvalue weighted by Crippen LogP contribution is 2.22. The van der Waals surface area contributed by atoms with Gasteiger partial charge in [-0.25, -0.2) is 8.42 Å². The molecule has 21 heavy (non-hydrogen) atoms. The van der Waals surface area contributed by atoms with Crippen LogP contribution in [-0.4, -0.2) is 45.0 Å². The summed E-state index contributed by atoms with van der Waals surface area (Å²) in [5.74, 6) is 1.29. The third kappa shape index (κ3) is 6.12. The number of carbonyl (C=O) groups excluding carboxylic acids is 1. The normalized spacial score (nSPS) is 30.0. The van der Waals surface area contributed by atoms with Gasteiger partial charge in [0.25, 0.3) is 0 Å². The van der Waals surface area contributed by atoms with Gasteiger partial charge in [0.05, 0.1) is 11.5 Å². The lowest BCUT2D eigenvalue weighted by Gasteiger charge is -2.29. The second kappa shape index (κ2) is 8.34. The maximum absolute atomic E-state index is 12.0. The summed E-state index contributed by atoms with van der Waals surface area (Å²) < 4.78 is 23.1. The number of amides is 1. The topological polar surface area (TPSA) is 75.3 Å². The number of rotatable bonds is 4. The molecule has 1 amide bonds. The second-order valence-corrected chi connectivity index (χ2v) is 8.54. The van der Waals surface area contributed by atoms with Gasteiger partial charge in [0.1, 0.15) is 0 Å². The van der Waals surface area contributed by atoms with Crippen LogP contribution < -0.4 is 10.6 Å². The molecular formula is C14H27ClN2O3S. The first-order valence-corrected chi connectivity index (χ1v) is 9.49. The zero-order valence-corrected chi connectivity index (χ0v) is 14.3. The van der Waals surface area contributed by atoms with Crippen LogP contribution in [0.1, 0.15) is 39.0 Å². The molecule has 2 fully saturated rings. The predicted octanol–water partition coefficient (Wildman–Crippen LogP) is 1.13. The summed E-state index contributed by atoms with van der Waals surface area (Å²) in [5, 5.41) is 6.28. The van der Waals surface area contributed by atoms with E-state index in [0.29, 0.717) is 24.7 Å². The van der Waals surface area contributed by atoms with Crippen LogP contribution >= 0.6 is 12.4 Å². The molecular weight excluding hydrogens is 312 g/mol. The standard InChI is InChI=1S/C14H26N2O3S.ClH/c1-11(12-4-2-6-15-9-12)8-14(17)16-13-5-3-7-20(18,19)10-13;/h11-13,15H,2-10H2,1H3,(H,16,17);1H. The van der Waals surface area contributed by atoms with E-state index in [4.69, 9.17) is 0 Å². The molecule has 0 aliphatic carbocycles. The molecule has 2 N–H and O–H groups in total. The van der Waals surface area contributed by atoms with Crippen molar-refractivity contribution in [3.63, 3.8) is 0 Å². The third-order valence-corrected chi connectivity index (χ3v) is 6.30. The largest absolute Gasteiger partial charge is 0.352 e. The lowest BCUT2D eigenvalue weighted by Crippen LogP contribution is -2.44. The summed E-state index contributed by atoms with van der Waals surface area (Å²) >= 11 is 0. The predicted molar refractivity (Wildman–Crippen MR) is 86.4 cm³/mol.